The number of nitrogens with one attached hydrogen (secondary N) is 1. The lowest BCUT2D eigenvalue weighted by atomic mass is 9.95. The predicted octanol–water partition coefficient (Wildman–Crippen LogP) is 4.30. The summed E-state index contributed by atoms with van der Waals surface area (Å²) in [5, 5.41) is 2.80. The Hall–Kier alpha value is -3.19. The van der Waals surface area contributed by atoms with Crippen LogP contribution in [0.2, 0.25) is 0 Å². The van der Waals surface area contributed by atoms with Gasteiger partial charge >= 0.3 is 0 Å². The van der Waals surface area contributed by atoms with Gasteiger partial charge in [-0.25, -0.2) is 4.39 Å². The van der Waals surface area contributed by atoms with Crippen LogP contribution in [0, 0.1) is 11.7 Å². The molecule has 7 heteroatoms. The molecule has 3 aliphatic rings. The van der Waals surface area contributed by atoms with E-state index in [9.17, 15) is 14.0 Å². The molecule has 0 bridgehead atoms. The summed E-state index contributed by atoms with van der Waals surface area (Å²) in [4.78, 5) is 29.8. The van der Waals surface area contributed by atoms with Crippen LogP contribution in [-0.4, -0.2) is 54.3 Å². The fourth-order valence-corrected chi connectivity index (χ4v) is 5.48. The molecule has 0 radical (unpaired) electrons. The lowest BCUT2D eigenvalue weighted by molar-refractivity contribution is -0.137. The highest BCUT2D eigenvalue weighted by Crippen LogP contribution is 2.42. The predicted molar refractivity (Wildman–Crippen MR) is 134 cm³/mol. The summed E-state index contributed by atoms with van der Waals surface area (Å²) in [5.74, 6) is 0.244. The van der Waals surface area contributed by atoms with Crippen molar-refractivity contribution in [1.29, 1.82) is 0 Å². The number of hydrogen-bond donors (Lipinski definition) is 1. The third-order valence-corrected chi connectivity index (χ3v) is 7.39. The van der Waals surface area contributed by atoms with Gasteiger partial charge in [-0.1, -0.05) is 18.2 Å². The third-order valence-electron chi connectivity index (χ3n) is 7.39. The zero-order valence-corrected chi connectivity index (χ0v) is 20.4. The van der Waals surface area contributed by atoms with Gasteiger partial charge in [0.05, 0.1) is 11.5 Å². The molecule has 1 N–H and O–H groups in total. The lowest BCUT2D eigenvalue weighted by Crippen LogP contribution is -2.45. The SMILES string of the molecule is CCN(CC)C(=O)C1CCCN(CCc2ccc3c(c2)CO/C3=C2/C(=O)Nc3ccc(F)cc32)C1. The quantitative estimate of drug-likeness (QED) is 0.631. The van der Waals surface area contributed by atoms with Gasteiger partial charge in [0.15, 0.2) is 0 Å². The van der Waals surface area contributed by atoms with Gasteiger partial charge in [0.2, 0.25) is 5.91 Å². The van der Waals surface area contributed by atoms with Gasteiger partial charge in [-0.3, -0.25) is 9.59 Å². The van der Waals surface area contributed by atoms with Crippen LogP contribution in [0.5, 0.6) is 0 Å². The molecular weight excluding hydrogens is 445 g/mol. The molecule has 0 saturated carbocycles. The Bertz CT molecular complexity index is 1190. The first kappa shape index (κ1) is 23.5. The largest absolute Gasteiger partial charge is 0.487 e. The van der Waals surface area contributed by atoms with E-state index in [4.69, 9.17) is 4.74 Å². The van der Waals surface area contributed by atoms with Gasteiger partial charge in [0.1, 0.15) is 18.2 Å². The smallest absolute Gasteiger partial charge is 0.260 e. The van der Waals surface area contributed by atoms with Crippen molar-refractivity contribution in [3.63, 3.8) is 0 Å². The summed E-state index contributed by atoms with van der Waals surface area (Å²) >= 11 is 0. The van der Waals surface area contributed by atoms with Crippen molar-refractivity contribution in [1.82, 2.24) is 9.80 Å². The second-order valence-corrected chi connectivity index (χ2v) is 9.53. The second kappa shape index (κ2) is 9.82. The molecule has 3 aliphatic heterocycles. The summed E-state index contributed by atoms with van der Waals surface area (Å²) in [7, 11) is 0. The van der Waals surface area contributed by atoms with Crippen LogP contribution in [0.4, 0.5) is 10.1 Å². The maximum absolute atomic E-state index is 13.9. The molecule has 2 aromatic carbocycles. The Labute approximate surface area is 205 Å². The number of hydrogen-bond acceptors (Lipinski definition) is 4. The summed E-state index contributed by atoms with van der Waals surface area (Å²) in [6, 6.07) is 10.5. The van der Waals surface area contributed by atoms with Gasteiger partial charge in [-0.15, -0.1) is 0 Å². The van der Waals surface area contributed by atoms with E-state index in [0.717, 1.165) is 63.1 Å². The number of carbonyl (C=O) groups is 2. The van der Waals surface area contributed by atoms with Gasteiger partial charge in [-0.2, -0.15) is 0 Å². The molecule has 6 nitrogen and oxygen atoms in total. The lowest BCUT2D eigenvalue weighted by Gasteiger charge is -2.34. The molecule has 1 fully saturated rings. The monoisotopic (exact) mass is 477 g/mol. The standard InChI is InChI=1S/C28H32FN3O3/c1-3-32(4-2)28(34)19-6-5-12-31(16-19)13-11-18-7-9-22-20(14-18)17-35-26(22)25-23-15-21(29)8-10-24(23)30-27(25)33/h7-10,14-15,19H,3-6,11-13,16-17H2,1-2H3,(H,30,33)/b26-25+. The molecule has 1 saturated heterocycles. The number of ether oxygens (including phenoxy) is 1. The normalized spacial score (nSPS) is 21.3. The molecule has 5 rings (SSSR count). The van der Waals surface area contributed by atoms with E-state index < -0.39 is 0 Å². The van der Waals surface area contributed by atoms with Gasteiger partial charge < -0.3 is 19.9 Å². The number of benzene rings is 2. The van der Waals surface area contributed by atoms with Crippen molar-refractivity contribution >= 4 is 28.8 Å². The number of amides is 2. The van der Waals surface area contributed by atoms with Crippen molar-refractivity contribution < 1.29 is 18.7 Å². The van der Waals surface area contributed by atoms with Crippen LogP contribution < -0.4 is 5.32 Å². The van der Waals surface area contributed by atoms with Crippen molar-refractivity contribution in [2.45, 2.75) is 39.7 Å². The molecule has 2 amide bonds. The zero-order chi connectivity index (χ0) is 24.5. The van der Waals surface area contributed by atoms with Gasteiger partial charge in [0, 0.05) is 48.6 Å². The fourth-order valence-electron chi connectivity index (χ4n) is 5.48. The minimum Gasteiger partial charge on any atom is -0.487 e. The van der Waals surface area contributed by atoms with Crippen LogP contribution in [-0.2, 0) is 27.4 Å². The number of likely N-dealkylation sites (tertiary alicyclic amines) is 1. The van der Waals surface area contributed by atoms with Crippen LogP contribution in [0.25, 0.3) is 11.3 Å². The van der Waals surface area contributed by atoms with Gasteiger partial charge in [-0.05, 0) is 63.4 Å². The number of rotatable bonds is 6. The van der Waals surface area contributed by atoms with Crippen LogP contribution >= 0.6 is 0 Å². The maximum Gasteiger partial charge on any atom is 0.260 e. The second-order valence-electron chi connectivity index (χ2n) is 9.53. The van der Waals surface area contributed by atoms with E-state index in [2.05, 4.69) is 22.3 Å². The van der Waals surface area contributed by atoms with Crippen molar-refractivity contribution in [3.8, 4) is 0 Å². The van der Waals surface area contributed by atoms with Crippen molar-refractivity contribution in [3.05, 3.63) is 64.5 Å². The highest BCUT2D eigenvalue weighted by atomic mass is 19.1. The average molecular weight is 478 g/mol. The summed E-state index contributed by atoms with van der Waals surface area (Å²) < 4.78 is 19.8. The molecule has 3 heterocycles. The molecule has 0 spiro atoms. The molecule has 35 heavy (non-hydrogen) atoms. The molecule has 1 unspecified atom stereocenters. The highest BCUT2D eigenvalue weighted by molar-refractivity contribution is 6.36. The number of carbonyl (C=O) groups excluding carboxylic acids is 2. The van der Waals surface area contributed by atoms with E-state index in [1.54, 1.807) is 6.07 Å². The number of nitrogens with zero attached hydrogens (tertiary/aromatic N) is 2. The zero-order valence-electron chi connectivity index (χ0n) is 20.4. The van der Waals surface area contributed by atoms with E-state index in [-0.39, 0.29) is 23.5 Å². The number of halogens is 1. The fraction of sp³-hybridized carbons (Fsp3) is 0.429. The van der Waals surface area contributed by atoms with Gasteiger partial charge in [0.25, 0.3) is 5.91 Å². The number of piperidine rings is 1. The molecule has 0 aliphatic carbocycles. The molecule has 2 aromatic rings. The average Bonchev–Trinajstić information content (AvgIpc) is 3.42. The van der Waals surface area contributed by atoms with Crippen LogP contribution in [0.1, 0.15) is 48.9 Å². The first-order valence-electron chi connectivity index (χ1n) is 12.6. The highest BCUT2D eigenvalue weighted by Gasteiger charge is 2.33. The molecule has 184 valence electrons. The Morgan fingerprint density at radius 1 is 1.17 bits per heavy atom. The Kier molecular flexibility index (Phi) is 6.60. The maximum atomic E-state index is 13.9. The van der Waals surface area contributed by atoms with E-state index in [1.807, 2.05) is 24.8 Å². The van der Waals surface area contributed by atoms with Crippen LogP contribution in [0.3, 0.4) is 0 Å². The summed E-state index contributed by atoms with van der Waals surface area (Å²) in [5.41, 5.74) is 4.67. The van der Waals surface area contributed by atoms with Crippen LogP contribution in [0.15, 0.2) is 36.4 Å². The van der Waals surface area contributed by atoms with Crippen molar-refractivity contribution in [2.24, 2.45) is 5.92 Å². The molecule has 0 aromatic heterocycles. The molecular formula is C28H32FN3O3. The summed E-state index contributed by atoms with van der Waals surface area (Å²) in [6.07, 6.45) is 2.91. The summed E-state index contributed by atoms with van der Waals surface area (Å²) in [6.45, 7) is 8.76. The minimum absolute atomic E-state index is 0.0940. The van der Waals surface area contributed by atoms with Crippen molar-refractivity contribution in [2.75, 3.05) is 38.0 Å². The minimum atomic E-state index is -0.384. The number of fused-ring (bicyclic) bond motifs is 2. The van der Waals surface area contributed by atoms with E-state index in [1.165, 1.54) is 17.7 Å². The Balaban J connectivity index is 1.28. The Morgan fingerprint density at radius 2 is 2.00 bits per heavy atom. The van der Waals surface area contributed by atoms with E-state index >= 15 is 0 Å². The molecule has 1 atom stereocenters. The first-order valence-corrected chi connectivity index (χ1v) is 12.6. The third kappa shape index (κ3) is 4.57. The topological polar surface area (TPSA) is 61.9 Å². The van der Waals surface area contributed by atoms with E-state index in [0.29, 0.717) is 29.2 Å². The number of anilines is 1. The Morgan fingerprint density at radius 3 is 2.80 bits per heavy atom. The first-order chi connectivity index (χ1) is 17.0.